The van der Waals surface area contributed by atoms with Gasteiger partial charge in [0.15, 0.2) is 0 Å². The minimum absolute atomic E-state index is 0.221. The predicted octanol–water partition coefficient (Wildman–Crippen LogP) is 4.67. The van der Waals surface area contributed by atoms with Crippen LogP contribution in [0.5, 0.6) is 11.5 Å². The van der Waals surface area contributed by atoms with Crippen molar-refractivity contribution in [2.75, 3.05) is 20.3 Å². The largest absolute Gasteiger partial charge is 0.496 e. The summed E-state index contributed by atoms with van der Waals surface area (Å²) in [5.41, 5.74) is 3.70. The number of hydrogen-bond donors (Lipinski definition) is 1. The zero-order valence-electron chi connectivity index (χ0n) is 18.1. The summed E-state index contributed by atoms with van der Waals surface area (Å²) in [5.74, 6) is 1.25. The van der Waals surface area contributed by atoms with Gasteiger partial charge in [0.1, 0.15) is 23.8 Å². The van der Waals surface area contributed by atoms with Crippen molar-refractivity contribution < 1.29 is 14.3 Å². The third-order valence-corrected chi connectivity index (χ3v) is 5.08. The second-order valence-electron chi connectivity index (χ2n) is 7.24. The molecular weight excluding hydrogens is 402 g/mol. The minimum atomic E-state index is -0.221. The number of rotatable bonds is 8. The SMILES string of the molecule is COc1ccccc1-c1nn(-c2ccccc2)cc1C(=O)NCCOc1ccccc1C. The molecule has 0 aliphatic carbocycles. The Hall–Kier alpha value is -4.06. The molecular formula is C26H25N3O3. The summed E-state index contributed by atoms with van der Waals surface area (Å²) in [6.45, 7) is 2.73. The van der Waals surface area contributed by atoms with E-state index in [4.69, 9.17) is 14.6 Å². The maximum atomic E-state index is 13.1. The first-order valence-electron chi connectivity index (χ1n) is 10.4. The predicted molar refractivity (Wildman–Crippen MR) is 125 cm³/mol. The summed E-state index contributed by atoms with van der Waals surface area (Å²) < 4.78 is 13.0. The molecule has 0 aliphatic heterocycles. The van der Waals surface area contributed by atoms with E-state index in [1.165, 1.54) is 0 Å². The molecule has 6 heteroatoms. The summed E-state index contributed by atoms with van der Waals surface area (Å²) >= 11 is 0. The molecule has 1 amide bonds. The molecule has 3 aromatic carbocycles. The van der Waals surface area contributed by atoms with E-state index in [1.807, 2.05) is 85.8 Å². The van der Waals surface area contributed by atoms with Gasteiger partial charge in [-0.15, -0.1) is 0 Å². The monoisotopic (exact) mass is 427 g/mol. The topological polar surface area (TPSA) is 65.4 Å². The number of benzene rings is 3. The van der Waals surface area contributed by atoms with Gasteiger partial charge in [-0.2, -0.15) is 5.10 Å². The Morgan fingerprint density at radius 2 is 1.62 bits per heavy atom. The van der Waals surface area contributed by atoms with Crippen LogP contribution in [-0.2, 0) is 0 Å². The molecule has 1 heterocycles. The smallest absolute Gasteiger partial charge is 0.255 e. The number of hydrogen-bond acceptors (Lipinski definition) is 4. The third kappa shape index (κ3) is 4.64. The highest BCUT2D eigenvalue weighted by Crippen LogP contribution is 2.31. The Morgan fingerprint density at radius 1 is 0.938 bits per heavy atom. The van der Waals surface area contributed by atoms with Crippen molar-refractivity contribution >= 4 is 5.91 Å². The number of amides is 1. The van der Waals surface area contributed by atoms with Gasteiger partial charge < -0.3 is 14.8 Å². The van der Waals surface area contributed by atoms with Gasteiger partial charge in [0.25, 0.3) is 5.91 Å². The van der Waals surface area contributed by atoms with Crippen molar-refractivity contribution in [3.8, 4) is 28.4 Å². The van der Waals surface area contributed by atoms with Crippen LogP contribution in [0.3, 0.4) is 0 Å². The first kappa shape index (κ1) is 21.2. The van der Waals surface area contributed by atoms with Crippen molar-refractivity contribution in [3.63, 3.8) is 0 Å². The highest BCUT2D eigenvalue weighted by molar-refractivity contribution is 6.00. The molecule has 4 aromatic rings. The van der Waals surface area contributed by atoms with E-state index in [0.717, 1.165) is 22.6 Å². The Labute approximate surface area is 187 Å². The molecule has 1 N–H and O–H groups in total. The number of para-hydroxylation sites is 3. The second-order valence-corrected chi connectivity index (χ2v) is 7.24. The zero-order valence-corrected chi connectivity index (χ0v) is 18.1. The van der Waals surface area contributed by atoms with Crippen LogP contribution < -0.4 is 14.8 Å². The standard InChI is InChI=1S/C26H25N3O3/c1-19-10-6-8-14-23(19)32-17-16-27-26(30)22-18-29(20-11-4-3-5-12-20)28-25(22)21-13-7-9-15-24(21)31-2/h3-15,18H,16-17H2,1-2H3,(H,27,30). The normalized spacial score (nSPS) is 10.6. The zero-order chi connectivity index (χ0) is 22.3. The van der Waals surface area contributed by atoms with Crippen LogP contribution in [0.4, 0.5) is 0 Å². The number of aromatic nitrogens is 2. The van der Waals surface area contributed by atoms with Crippen molar-refractivity contribution in [1.82, 2.24) is 15.1 Å². The molecule has 0 aliphatic rings. The molecule has 32 heavy (non-hydrogen) atoms. The lowest BCUT2D eigenvalue weighted by Crippen LogP contribution is -2.28. The molecule has 0 bridgehead atoms. The van der Waals surface area contributed by atoms with E-state index in [0.29, 0.717) is 30.2 Å². The highest BCUT2D eigenvalue weighted by atomic mass is 16.5. The van der Waals surface area contributed by atoms with Crippen LogP contribution in [0.15, 0.2) is 85.1 Å². The number of methoxy groups -OCH3 is 1. The molecule has 0 spiro atoms. The number of ether oxygens (including phenoxy) is 2. The molecule has 0 saturated heterocycles. The van der Waals surface area contributed by atoms with Crippen LogP contribution in [0, 0.1) is 6.92 Å². The molecule has 0 radical (unpaired) electrons. The fourth-order valence-corrected chi connectivity index (χ4v) is 3.43. The van der Waals surface area contributed by atoms with Crippen molar-refractivity contribution in [1.29, 1.82) is 0 Å². The Kier molecular flexibility index (Phi) is 6.51. The third-order valence-electron chi connectivity index (χ3n) is 5.08. The van der Waals surface area contributed by atoms with Gasteiger partial charge >= 0.3 is 0 Å². The fraction of sp³-hybridized carbons (Fsp3) is 0.154. The molecule has 0 unspecified atom stereocenters. The van der Waals surface area contributed by atoms with E-state index < -0.39 is 0 Å². The first-order valence-corrected chi connectivity index (χ1v) is 10.4. The fourth-order valence-electron chi connectivity index (χ4n) is 3.43. The summed E-state index contributed by atoms with van der Waals surface area (Å²) in [7, 11) is 1.61. The van der Waals surface area contributed by atoms with Gasteiger partial charge in [-0.25, -0.2) is 4.68 Å². The lowest BCUT2D eigenvalue weighted by molar-refractivity contribution is 0.0947. The van der Waals surface area contributed by atoms with E-state index >= 15 is 0 Å². The van der Waals surface area contributed by atoms with Gasteiger partial charge in [-0.1, -0.05) is 48.5 Å². The van der Waals surface area contributed by atoms with Crippen molar-refractivity contribution in [2.45, 2.75) is 6.92 Å². The van der Waals surface area contributed by atoms with Crippen molar-refractivity contribution in [3.05, 3.63) is 96.2 Å². The van der Waals surface area contributed by atoms with Crippen LogP contribution >= 0.6 is 0 Å². The van der Waals surface area contributed by atoms with E-state index in [9.17, 15) is 4.79 Å². The van der Waals surface area contributed by atoms with Gasteiger partial charge in [0, 0.05) is 11.8 Å². The van der Waals surface area contributed by atoms with E-state index in [1.54, 1.807) is 18.0 Å². The van der Waals surface area contributed by atoms with E-state index in [2.05, 4.69) is 5.32 Å². The maximum absolute atomic E-state index is 13.1. The van der Waals surface area contributed by atoms with Crippen LogP contribution in [0.25, 0.3) is 16.9 Å². The second kappa shape index (κ2) is 9.83. The number of carbonyl (C=O) groups is 1. The summed E-state index contributed by atoms with van der Waals surface area (Å²) in [5, 5.41) is 7.66. The van der Waals surface area contributed by atoms with Crippen LogP contribution in [0.2, 0.25) is 0 Å². The molecule has 0 saturated carbocycles. The summed E-state index contributed by atoms with van der Waals surface area (Å²) in [6.07, 6.45) is 1.74. The van der Waals surface area contributed by atoms with Gasteiger partial charge in [-0.3, -0.25) is 4.79 Å². The maximum Gasteiger partial charge on any atom is 0.255 e. The Balaban J connectivity index is 1.56. The molecule has 6 nitrogen and oxygen atoms in total. The lowest BCUT2D eigenvalue weighted by atomic mass is 10.1. The number of nitrogens with zero attached hydrogens (tertiary/aromatic N) is 2. The molecule has 162 valence electrons. The number of aryl methyl sites for hydroxylation is 1. The average molecular weight is 428 g/mol. The Morgan fingerprint density at radius 3 is 2.38 bits per heavy atom. The summed E-state index contributed by atoms with van der Waals surface area (Å²) in [6, 6.07) is 25.0. The van der Waals surface area contributed by atoms with Gasteiger partial charge in [-0.05, 0) is 42.8 Å². The number of nitrogens with one attached hydrogen (secondary N) is 1. The summed E-state index contributed by atoms with van der Waals surface area (Å²) in [4.78, 5) is 13.1. The molecule has 1 aromatic heterocycles. The highest BCUT2D eigenvalue weighted by Gasteiger charge is 2.21. The van der Waals surface area contributed by atoms with Gasteiger partial charge in [0.05, 0.1) is 24.9 Å². The lowest BCUT2D eigenvalue weighted by Gasteiger charge is -2.10. The molecule has 0 atom stereocenters. The van der Waals surface area contributed by atoms with E-state index in [-0.39, 0.29) is 5.91 Å². The molecule has 4 rings (SSSR count). The quantitative estimate of drug-likeness (QED) is 0.415. The number of carbonyl (C=O) groups excluding carboxylic acids is 1. The first-order chi connectivity index (χ1) is 15.7. The van der Waals surface area contributed by atoms with Gasteiger partial charge in [0.2, 0.25) is 0 Å². The van der Waals surface area contributed by atoms with Crippen molar-refractivity contribution in [2.24, 2.45) is 0 Å². The van der Waals surface area contributed by atoms with Crippen LogP contribution in [0.1, 0.15) is 15.9 Å². The minimum Gasteiger partial charge on any atom is -0.496 e. The van der Waals surface area contributed by atoms with Crippen LogP contribution in [-0.4, -0.2) is 35.9 Å². The Bertz CT molecular complexity index is 1200. The average Bonchev–Trinajstić information content (AvgIpc) is 3.29. The molecule has 0 fully saturated rings.